The second-order valence-electron chi connectivity index (χ2n) is 13.6. The Labute approximate surface area is 326 Å². The van der Waals surface area contributed by atoms with Gasteiger partial charge in [0.2, 0.25) is 0 Å². The van der Waals surface area contributed by atoms with Crippen molar-refractivity contribution in [2.45, 2.75) is 12.4 Å². The SMILES string of the molecule is Fc1ccccc1-c1ccc(-c2nc(-c3ccccc3)nc(-c3ccccc3)n2)c(-n2c3ccccc3c3ccc(-c4ccc(C(F)(F)F)cc4C(F)(F)F)cc32)c1. The van der Waals surface area contributed by atoms with Crippen molar-refractivity contribution in [1.29, 1.82) is 0 Å². The van der Waals surface area contributed by atoms with Gasteiger partial charge in [0.05, 0.1) is 27.8 Å². The normalized spacial score (nSPS) is 12.1. The Hall–Kier alpha value is -7.14. The summed E-state index contributed by atoms with van der Waals surface area (Å²) >= 11 is 0. The Balaban J connectivity index is 1.36. The van der Waals surface area contributed by atoms with Gasteiger partial charge in [0.15, 0.2) is 17.5 Å². The van der Waals surface area contributed by atoms with Gasteiger partial charge in [-0.2, -0.15) is 26.3 Å². The van der Waals surface area contributed by atoms with Crippen LogP contribution in [-0.2, 0) is 12.4 Å². The number of nitrogens with zero attached hydrogens (tertiary/aromatic N) is 4. The van der Waals surface area contributed by atoms with Crippen molar-refractivity contribution in [1.82, 2.24) is 19.5 Å². The predicted molar refractivity (Wildman–Crippen MR) is 211 cm³/mol. The fourth-order valence-corrected chi connectivity index (χ4v) is 7.30. The van der Waals surface area contributed by atoms with Crippen LogP contribution < -0.4 is 0 Å². The van der Waals surface area contributed by atoms with Crippen molar-refractivity contribution in [3.05, 3.63) is 181 Å². The van der Waals surface area contributed by atoms with E-state index in [1.54, 1.807) is 42.5 Å². The maximum Gasteiger partial charge on any atom is 0.417 e. The van der Waals surface area contributed by atoms with E-state index in [1.165, 1.54) is 18.2 Å². The summed E-state index contributed by atoms with van der Waals surface area (Å²) in [5.41, 5.74) is 1.13. The highest BCUT2D eigenvalue weighted by Gasteiger charge is 2.38. The van der Waals surface area contributed by atoms with Crippen LogP contribution in [0.5, 0.6) is 0 Å². The van der Waals surface area contributed by atoms with Gasteiger partial charge in [-0.3, -0.25) is 0 Å². The Morgan fingerprint density at radius 3 is 1.60 bits per heavy atom. The highest BCUT2D eigenvalue weighted by Crippen LogP contribution is 2.44. The minimum atomic E-state index is -5.09. The molecule has 0 spiro atoms. The summed E-state index contributed by atoms with van der Waals surface area (Å²) in [5.74, 6) is 0.581. The molecule has 4 nitrogen and oxygen atoms in total. The van der Waals surface area contributed by atoms with Crippen LogP contribution in [0.4, 0.5) is 30.7 Å². The van der Waals surface area contributed by atoms with E-state index in [0.29, 0.717) is 56.5 Å². The van der Waals surface area contributed by atoms with E-state index in [1.807, 2.05) is 89.5 Å². The molecule has 0 N–H and O–H groups in total. The number of alkyl halides is 6. The van der Waals surface area contributed by atoms with Gasteiger partial charge in [-0.1, -0.05) is 121 Å². The van der Waals surface area contributed by atoms with Crippen molar-refractivity contribution < 1.29 is 30.7 Å². The molecule has 7 aromatic carbocycles. The van der Waals surface area contributed by atoms with E-state index in [-0.39, 0.29) is 17.5 Å². The number of hydrogen-bond acceptors (Lipinski definition) is 3. The molecular weight excluding hydrogens is 754 g/mol. The molecule has 0 bridgehead atoms. The summed E-state index contributed by atoms with van der Waals surface area (Å²) in [7, 11) is 0. The first-order valence-electron chi connectivity index (χ1n) is 18.0. The maximum absolute atomic E-state index is 15.4. The minimum Gasteiger partial charge on any atom is -0.308 e. The average Bonchev–Trinajstić information content (AvgIpc) is 3.57. The Bertz CT molecular complexity index is 2930. The van der Waals surface area contributed by atoms with Gasteiger partial charge in [0.25, 0.3) is 0 Å². The lowest BCUT2D eigenvalue weighted by Gasteiger charge is -2.18. The summed E-state index contributed by atoms with van der Waals surface area (Å²) in [4.78, 5) is 14.7. The Morgan fingerprint density at radius 1 is 0.397 bits per heavy atom. The van der Waals surface area contributed by atoms with Gasteiger partial charge < -0.3 is 4.57 Å². The van der Waals surface area contributed by atoms with Crippen LogP contribution in [-0.4, -0.2) is 19.5 Å². The van der Waals surface area contributed by atoms with E-state index in [2.05, 4.69) is 0 Å². The number of halogens is 7. The lowest BCUT2D eigenvalue weighted by molar-refractivity contribution is -0.142. The zero-order valence-corrected chi connectivity index (χ0v) is 30.0. The largest absolute Gasteiger partial charge is 0.417 e. The van der Waals surface area contributed by atoms with Crippen LogP contribution in [0.25, 0.3) is 83.9 Å². The maximum atomic E-state index is 15.4. The van der Waals surface area contributed by atoms with Crippen LogP contribution in [0.1, 0.15) is 11.1 Å². The Kier molecular flexibility index (Phi) is 8.88. The smallest absolute Gasteiger partial charge is 0.308 e. The zero-order valence-electron chi connectivity index (χ0n) is 30.0. The molecule has 284 valence electrons. The van der Waals surface area contributed by atoms with Gasteiger partial charge in [-0.05, 0) is 59.2 Å². The number of fused-ring (bicyclic) bond motifs is 3. The van der Waals surface area contributed by atoms with E-state index in [4.69, 9.17) is 15.0 Å². The number of rotatable bonds is 6. The number of hydrogen-bond donors (Lipinski definition) is 0. The summed E-state index contributed by atoms with van der Waals surface area (Å²) in [6, 6.07) is 44.0. The van der Waals surface area contributed by atoms with Gasteiger partial charge >= 0.3 is 12.4 Å². The summed E-state index contributed by atoms with van der Waals surface area (Å²) in [6.45, 7) is 0. The molecule has 11 heteroatoms. The fourth-order valence-electron chi connectivity index (χ4n) is 7.30. The van der Waals surface area contributed by atoms with E-state index < -0.39 is 34.9 Å². The first-order chi connectivity index (χ1) is 27.9. The topological polar surface area (TPSA) is 43.6 Å². The molecule has 0 aliphatic heterocycles. The molecule has 9 aromatic rings. The van der Waals surface area contributed by atoms with Gasteiger partial charge in [-0.15, -0.1) is 0 Å². The average molecular weight is 781 g/mol. The molecule has 0 fully saturated rings. The molecule has 58 heavy (non-hydrogen) atoms. The Morgan fingerprint density at radius 2 is 0.948 bits per heavy atom. The van der Waals surface area contributed by atoms with Gasteiger partial charge in [0.1, 0.15) is 5.82 Å². The molecular formula is C47H27F7N4. The molecule has 0 unspecified atom stereocenters. The van der Waals surface area contributed by atoms with Crippen LogP contribution in [0, 0.1) is 5.82 Å². The van der Waals surface area contributed by atoms with Crippen LogP contribution >= 0.6 is 0 Å². The summed E-state index contributed by atoms with van der Waals surface area (Å²) < 4.78 is 102. The number of aromatic nitrogens is 4. The van der Waals surface area contributed by atoms with Crippen molar-refractivity contribution >= 4 is 21.8 Å². The zero-order chi connectivity index (χ0) is 40.2. The molecule has 0 aliphatic carbocycles. The lowest BCUT2D eigenvalue weighted by atomic mass is 9.96. The third-order valence-electron chi connectivity index (χ3n) is 10.0. The predicted octanol–water partition coefficient (Wildman–Crippen LogP) is 13.5. The van der Waals surface area contributed by atoms with Crippen molar-refractivity contribution in [2.24, 2.45) is 0 Å². The first-order valence-corrected chi connectivity index (χ1v) is 18.0. The van der Waals surface area contributed by atoms with Crippen molar-refractivity contribution in [3.63, 3.8) is 0 Å². The van der Waals surface area contributed by atoms with Crippen LogP contribution in [0.3, 0.4) is 0 Å². The van der Waals surface area contributed by atoms with E-state index in [9.17, 15) is 26.3 Å². The molecule has 0 saturated carbocycles. The third-order valence-corrected chi connectivity index (χ3v) is 10.0. The second-order valence-corrected chi connectivity index (χ2v) is 13.6. The second kappa shape index (κ2) is 14.1. The highest BCUT2D eigenvalue weighted by atomic mass is 19.4. The summed E-state index contributed by atoms with van der Waals surface area (Å²) in [6.07, 6.45) is -10.1. The molecule has 0 radical (unpaired) electrons. The van der Waals surface area contributed by atoms with Crippen LogP contribution in [0.2, 0.25) is 0 Å². The molecule has 0 atom stereocenters. The number of para-hydroxylation sites is 1. The molecule has 2 heterocycles. The molecule has 0 amide bonds. The quantitative estimate of drug-likeness (QED) is 0.158. The monoisotopic (exact) mass is 780 g/mol. The third kappa shape index (κ3) is 6.64. The van der Waals surface area contributed by atoms with Crippen molar-refractivity contribution in [3.8, 4) is 62.1 Å². The molecule has 9 rings (SSSR count). The van der Waals surface area contributed by atoms with Gasteiger partial charge in [0, 0.05) is 33.0 Å². The van der Waals surface area contributed by atoms with E-state index >= 15 is 4.39 Å². The molecule has 0 aliphatic rings. The standard InChI is InChI=1S/C47H27F7N4/c48-39-17-9-7-15-34(39)31-20-23-37(45-56-43(28-11-3-1-4-12-28)55-44(57-45)29-13-5-2-6-14-29)42(26-31)58-40-18-10-8-16-35(40)36-22-19-30(25-41(36)58)33-24-21-32(46(49,50)51)27-38(33)47(52,53)54/h1-27H. The molecule has 2 aromatic heterocycles. The lowest BCUT2D eigenvalue weighted by Crippen LogP contribution is -2.12. The number of benzene rings is 7. The first kappa shape index (κ1) is 36.5. The van der Waals surface area contributed by atoms with Crippen molar-refractivity contribution in [2.75, 3.05) is 0 Å². The van der Waals surface area contributed by atoms with Gasteiger partial charge in [-0.25, -0.2) is 19.3 Å². The van der Waals surface area contributed by atoms with E-state index in [0.717, 1.165) is 22.6 Å². The summed E-state index contributed by atoms with van der Waals surface area (Å²) in [5, 5.41) is 1.41. The molecule has 0 saturated heterocycles. The fraction of sp³-hybridized carbons (Fsp3) is 0.0426. The van der Waals surface area contributed by atoms with Crippen LogP contribution in [0.15, 0.2) is 164 Å². The minimum absolute atomic E-state index is 0.0438. The highest BCUT2D eigenvalue weighted by molar-refractivity contribution is 6.11.